The molecule has 1 aliphatic heterocycles. The van der Waals surface area contributed by atoms with Gasteiger partial charge in [0.1, 0.15) is 12.1 Å². The normalized spacial score (nSPS) is 19.0. The second-order valence-corrected chi connectivity index (χ2v) is 5.10. The van der Waals surface area contributed by atoms with Gasteiger partial charge < -0.3 is 15.0 Å². The lowest BCUT2D eigenvalue weighted by Crippen LogP contribution is -2.48. The number of nitrogens with zero attached hydrogens (tertiary/aromatic N) is 5. The first-order valence-electron chi connectivity index (χ1n) is 6.92. The van der Waals surface area contributed by atoms with Crippen molar-refractivity contribution in [1.82, 2.24) is 24.9 Å². The largest absolute Gasteiger partial charge is 0.373 e. The Bertz CT molecular complexity index is 655. The molecule has 1 fully saturated rings. The van der Waals surface area contributed by atoms with Crippen molar-refractivity contribution in [1.29, 1.82) is 0 Å². The molecular weight excluding hydrogens is 272 g/mol. The van der Waals surface area contributed by atoms with E-state index in [0.717, 1.165) is 18.1 Å². The van der Waals surface area contributed by atoms with Gasteiger partial charge in [-0.2, -0.15) is 14.6 Å². The number of fused-ring (bicyclic) bond motifs is 1. The zero-order chi connectivity index (χ0) is 14.8. The Morgan fingerprint density at radius 2 is 2.43 bits per heavy atom. The quantitative estimate of drug-likeness (QED) is 0.841. The van der Waals surface area contributed by atoms with Crippen molar-refractivity contribution >= 4 is 17.5 Å². The first-order chi connectivity index (χ1) is 10.1. The molecule has 0 aliphatic carbocycles. The SMILES string of the molecule is CC(=O)NCC1CN(c2cc(C)nc3ncnn23)CCO1. The average molecular weight is 290 g/mol. The third-order valence-corrected chi connectivity index (χ3v) is 3.40. The van der Waals surface area contributed by atoms with Gasteiger partial charge in [0.05, 0.1) is 12.7 Å². The number of rotatable bonds is 3. The lowest BCUT2D eigenvalue weighted by atomic mass is 10.2. The number of carbonyl (C=O) groups excluding carboxylic acids is 1. The van der Waals surface area contributed by atoms with E-state index in [9.17, 15) is 4.79 Å². The molecule has 21 heavy (non-hydrogen) atoms. The van der Waals surface area contributed by atoms with Gasteiger partial charge >= 0.3 is 0 Å². The van der Waals surface area contributed by atoms with Crippen molar-refractivity contribution in [3.05, 3.63) is 18.1 Å². The number of carbonyl (C=O) groups is 1. The molecule has 112 valence electrons. The number of aromatic nitrogens is 4. The summed E-state index contributed by atoms with van der Waals surface area (Å²) in [6.45, 7) is 6.03. The van der Waals surface area contributed by atoms with E-state index in [-0.39, 0.29) is 12.0 Å². The van der Waals surface area contributed by atoms with Gasteiger partial charge in [0.25, 0.3) is 5.78 Å². The zero-order valence-electron chi connectivity index (χ0n) is 12.1. The molecule has 8 nitrogen and oxygen atoms in total. The number of ether oxygens (including phenoxy) is 1. The first-order valence-corrected chi connectivity index (χ1v) is 6.92. The summed E-state index contributed by atoms with van der Waals surface area (Å²) in [7, 11) is 0. The fourth-order valence-electron chi connectivity index (χ4n) is 2.44. The lowest BCUT2D eigenvalue weighted by molar-refractivity contribution is -0.119. The number of amides is 1. The van der Waals surface area contributed by atoms with Gasteiger partial charge in [-0.15, -0.1) is 0 Å². The van der Waals surface area contributed by atoms with E-state index in [1.807, 2.05) is 13.0 Å². The van der Waals surface area contributed by atoms with Crippen LogP contribution in [0.4, 0.5) is 5.82 Å². The maximum absolute atomic E-state index is 11.0. The maximum atomic E-state index is 11.0. The molecule has 8 heteroatoms. The predicted octanol–water partition coefficient (Wildman–Crippen LogP) is -0.226. The third kappa shape index (κ3) is 2.94. The number of aryl methyl sites for hydroxylation is 1. The van der Waals surface area contributed by atoms with Crippen LogP contribution in [-0.4, -0.2) is 57.8 Å². The highest BCUT2D eigenvalue weighted by atomic mass is 16.5. The molecule has 2 aromatic rings. The minimum absolute atomic E-state index is 0.0327. The van der Waals surface area contributed by atoms with Crippen LogP contribution in [-0.2, 0) is 9.53 Å². The van der Waals surface area contributed by atoms with Gasteiger partial charge in [-0.25, -0.2) is 4.98 Å². The molecule has 1 unspecified atom stereocenters. The second-order valence-electron chi connectivity index (χ2n) is 5.10. The van der Waals surface area contributed by atoms with Crippen LogP contribution in [0, 0.1) is 6.92 Å². The molecule has 1 aliphatic rings. The van der Waals surface area contributed by atoms with Crippen LogP contribution in [0.1, 0.15) is 12.6 Å². The summed E-state index contributed by atoms with van der Waals surface area (Å²) in [4.78, 5) is 21.7. The van der Waals surface area contributed by atoms with Crippen LogP contribution in [0.2, 0.25) is 0 Å². The number of anilines is 1. The molecule has 0 radical (unpaired) electrons. The molecule has 0 bridgehead atoms. The molecule has 1 atom stereocenters. The van der Waals surface area contributed by atoms with Crippen molar-refractivity contribution < 1.29 is 9.53 Å². The Labute approximate surface area is 122 Å². The van der Waals surface area contributed by atoms with Gasteiger partial charge in [0.15, 0.2) is 0 Å². The minimum Gasteiger partial charge on any atom is -0.373 e. The van der Waals surface area contributed by atoms with Crippen molar-refractivity contribution in [2.45, 2.75) is 20.0 Å². The Kier molecular flexibility index (Phi) is 3.70. The smallest absolute Gasteiger partial charge is 0.254 e. The highest BCUT2D eigenvalue weighted by Gasteiger charge is 2.23. The summed E-state index contributed by atoms with van der Waals surface area (Å²) >= 11 is 0. The molecule has 1 N–H and O–H groups in total. The van der Waals surface area contributed by atoms with E-state index in [4.69, 9.17) is 4.74 Å². The molecule has 0 saturated carbocycles. The summed E-state index contributed by atoms with van der Waals surface area (Å²) in [6, 6.07) is 1.99. The standard InChI is InChI=1S/C13H18N6O2/c1-9-5-12(19-13(17-9)15-8-16-19)18-3-4-21-11(7-18)6-14-10(2)20/h5,8,11H,3-4,6-7H2,1-2H3,(H,14,20). The van der Waals surface area contributed by atoms with Crippen molar-refractivity contribution in [2.75, 3.05) is 31.1 Å². The van der Waals surface area contributed by atoms with Gasteiger partial charge in [-0.1, -0.05) is 0 Å². The van der Waals surface area contributed by atoms with Crippen molar-refractivity contribution in [2.24, 2.45) is 0 Å². The summed E-state index contributed by atoms with van der Waals surface area (Å²) in [6.07, 6.45) is 1.47. The Morgan fingerprint density at radius 1 is 1.57 bits per heavy atom. The topological polar surface area (TPSA) is 84.7 Å². The number of hydrogen-bond acceptors (Lipinski definition) is 6. The molecular formula is C13H18N6O2. The highest BCUT2D eigenvalue weighted by Crippen LogP contribution is 2.18. The fraction of sp³-hybridized carbons (Fsp3) is 0.538. The van der Waals surface area contributed by atoms with E-state index < -0.39 is 0 Å². The van der Waals surface area contributed by atoms with Crippen LogP contribution < -0.4 is 10.2 Å². The summed E-state index contributed by atoms with van der Waals surface area (Å²) < 4.78 is 7.42. The molecule has 0 spiro atoms. The van der Waals surface area contributed by atoms with Gasteiger partial charge in [0.2, 0.25) is 5.91 Å². The van der Waals surface area contributed by atoms with Crippen LogP contribution in [0.15, 0.2) is 12.4 Å². The predicted molar refractivity (Wildman–Crippen MR) is 76.2 cm³/mol. The monoisotopic (exact) mass is 290 g/mol. The summed E-state index contributed by atoms with van der Waals surface area (Å²) in [5, 5.41) is 7.02. The van der Waals surface area contributed by atoms with Gasteiger partial charge in [0, 0.05) is 38.3 Å². The number of nitrogens with one attached hydrogen (secondary N) is 1. The summed E-state index contributed by atoms with van der Waals surface area (Å²) in [5.41, 5.74) is 0.899. The maximum Gasteiger partial charge on any atom is 0.254 e. The Hall–Kier alpha value is -2.22. The highest BCUT2D eigenvalue weighted by molar-refractivity contribution is 5.72. The molecule has 3 rings (SSSR count). The van der Waals surface area contributed by atoms with E-state index in [0.29, 0.717) is 25.5 Å². The zero-order valence-corrected chi connectivity index (χ0v) is 12.1. The lowest BCUT2D eigenvalue weighted by Gasteiger charge is -2.34. The molecule has 3 heterocycles. The van der Waals surface area contributed by atoms with E-state index in [2.05, 4.69) is 25.3 Å². The molecule has 1 saturated heterocycles. The first kappa shape index (κ1) is 13.7. The minimum atomic E-state index is -0.0471. The van der Waals surface area contributed by atoms with Gasteiger partial charge in [-0.05, 0) is 6.92 Å². The number of hydrogen-bond donors (Lipinski definition) is 1. The van der Waals surface area contributed by atoms with Crippen LogP contribution >= 0.6 is 0 Å². The van der Waals surface area contributed by atoms with Crippen molar-refractivity contribution in [3.63, 3.8) is 0 Å². The van der Waals surface area contributed by atoms with E-state index >= 15 is 0 Å². The number of morpholine rings is 1. The molecule has 2 aromatic heterocycles. The van der Waals surface area contributed by atoms with Crippen molar-refractivity contribution in [3.8, 4) is 0 Å². The molecule has 0 aromatic carbocycles. The third-order valence-electron chi connectivity index (χ3n) is 3.40. The Balaban J connectivity index is 1.81. The fourth-order valence-corrected chi connectivity index (χ4v) is 2.44. The second kappa shape index (κ2) is 5.65. The molecule has 1 amide bonds. The van der Waals surface area contributed by atoms with Crippen LogP contribution in [0.3, 0.4) is 0 Å². The average Bonchev–Trinajstić information content (AvgIpc) is 2.92. The van der Waals surface area contributed by atoms with Crippen LogP contribution in [0.25, 0.3) is 5.78 Å². The van der Waals surface area contributed by atoms with E-state index in [1.165, 1.54) is 13.3 Å². The summed E-state index contributed by atoms with van der Waals surface area (Å²) in [5.74, 6) is 1.50. The van der Waals surface area contributed by atoms with Crippen LogP contribution in [0.5, 0.6) is 0 Å². The van der Waals surface area contributed by atoms with Gasteiger partial charge in [-0.3, -0.25) is 4.79 Å². The Morgan fingerprint density at radius 3 is 3.24 bits per heavy atom. The van der Waals surface area contributed by atoms with E-state index in [1.54, 1.807) is 4.52 Å².